The van der Waals surface area contributed by atoms with E-state index in [9.17, 15) is 23.3 Å². The molecule has 0 atom stereocenters. The van der Waals surface area contributed by atoms with E-state index in [-0.39, 0.29) is 26.3 Å². The molecule has 0 aliphatic rings. The number of hydrogen-bond acceptors (Lipinski definition) is 3. The van der Waals surface area contributed by atoms with Crippen molar-refractivity contribution in [3.05, 3.63) is 55.1 Å². The van der Waals surface area contributed by atoms with Crippen LogP contribution < -0.4 is 0 Å². The summed E-state index contributed by atoms with van der Waals surface area (Å²) >= 11 is 17.5. The Hall–Kier alpha value is -1.57. The molecule has 0 amide bonds. The fraction of sp³-hybridized carbons (Fsp3) is 0.0833. The molecule has 0 fully saturated rings. The number of nitro groups is 1. The standard InChI is InChI=1S/C12H4Cl3F3N2O2/c13-7-3-9(15)8(14)2-6(7)11-10(20(21)22)1-5(4-19-11)12(16,17)18/h1-4H. The van der Waals surface area contributed by atoms with Gasteiger partial charge < -0.3 is 0 Å². The van der Waals surface area contributed by atoms with E-state index in [1.807, 2.05) is 0 Å². The molecule has 2 rings (SSSR count). The van der Waals surface area contributed by atoms with E-state index in [0.717, 1.165) is 0 Å². The Kier molecular flexibility index (Phi) is 4.51. The molecule has 0 N–H and O–H groups in total. The predicted octanol–water partition coefficient (Wildman–Crippen LogP) is 5.64. The number of hydrogen-bond donors (Lipinski definition) is 0. The molecule has 116 valence electrons. The van der Waals surface area contributed by atoms with Crippen LogP contribution in [0.3, 0.4) is 0 Å². The molecular weight excluding hydrogens is 367 g/mol. The molecule has 4 nitrogen and oxygen atoms in total. The van der Waals surface area contributed by atoms with Gasteiger partial charge in [-0.25, -0.2) is 4.98 Å². The zero-order valence-electron chi connectivity index (χ0n) is 10.3. The second-order valence-corrected chi connectivity index (χ2v) is 5.31. The smallest absolute Gasteiger partial charge is 0.258 e. The number of benzene rings is 1. The van der Waals surface area contributed by atoms with E-state index in [2.05, 4.69) is 4.98 Å². The summed E-state index contributed by atoms with van der Waals surface area (Å²) in [6.07, 6.45) is -4.26. The Morgan fingerprint density at radius 2 is 1.64 bits per heavy atom. The predicted molar refractivity (Wildman–Crippen MR) is 76.4 cm³/mol. The number of nitrogens with zero attached hydrogens (tertiary/aromatic N) is 2. The molecule has 0 aliphatic heterocycles. The van der Waals surface area contributed by atoms with Gasteiger partial charge in [0.25, 0.3) is 5.69 Å². The molecule has 0 radical (unpaired) electrons. The highest BCUT2D eigenvalue weighted by molar-refractivity contribution is 6.44. The van der Waals surface area contributed by atoms with Gasteiger partial charge in [-0.1, -0.05) is 34.8 Å². The lowest BCUT2D eigenvalue weighted by atomic mass is 10.1. The van der Waals surface area contributed by atoms with Crippen LogP contribution in [0.4, 0.5) is 18.9 Å². The summed E-state index contributed by atoms with van der Waals surface area (Å²) in [5.74, 6) is 0. The van der Waals surface area contributed by atoms with Crippen molar-refractivity contribution in [2.75, 3.05) is 0 Å². The molecule has 1 aromatic carbocycles. The maximum Gasteiger partial charge on any atom is 0.418 e. The van der Waals surface area contributed by atoms with Crippen LogP contribution in [0, 0.1) is 10.1 Å². The second-order valence-electron chi connectivity index (χ2n) is 4.09. The summed E-state index contributed by atoms with van der Waals surface area (Å²) in [7, 11) is 0. The number of aromatic nitrogens is 1. The number of pyridine rings is 1. The largest absolute Gasteiger partial charge is 0.418 e. The molecule has 0 saturated heterocycles. The van der Waals surface area contributed by atoms with Crippen LogP contribution in [0.25, 0.3) is 11.3 Å². The molecule has 10 heteroatoms. The molecule has 22 heavy (non-hydrogen) atoms. The van der Waals surface area contributed by atoms with E-state index in [4.69, 9.17) is 34.8 Å². The van der Waals surface area contributed by atoms with Gasteiger partial charge in [-0.15, -0.1) is 0 Å². The first-order chi connectivity index (χ1) is 10.1. The van der Waals surface area contributed by atoms with Gasteiger partial charge in [-0.3, -0.25) is 10.1 Å². The third-order valence-electron chi connectivity index (χ3n) is 2.66. The fourth-order valence-corrected chi connectivity index (χ4v) is 2.30. The van der Waals surface area contributed by atoms with Crippen LogP contribution in [0.15, 0.2) is 24.4 Å². The minimum Gasteiger partial charge on any atom is -0.258 e. The minimum absolute atomic E-state index is 0.0106. The maximum absolute atomic E-state index is 12.6. The van der Waals surface area contributed by atoms with Gasteiger partial charge in [-0.2, -0.15) is 13.2 Å². The van der Waals surface area contributed by atoms with Gasteiger partial charge in [0, 0.05) is 17.8 Å². The van der Waals surface area contributed by atoms with Gasteiger partial charge in [0.05, 0.1) is 25.6 Å². The Bertz CT molecular complexity index is 766. The maximum atomic E-state index is 12.6. The van der Waals surface area contributed by atoms with Crippen molar-refractivity contribution in [1.82, 2.24) is 4.98 Å². The molecule has 0 saturated carbocycles. The lowest BCUT2D eigenvalue weighted by Gasteiger charge is -2.10. The van der Waals surface area contributed by atoms with Crippen LogP contribution in [0.2, 0.25) is 15.1 Å². The van der Waals surface area contributed by atoms with E-state index < -0.39 is 22.4 Å². The summed E-state index contributed by atoms with van der Waals surface area (Å²) in [5.41, 5.74) is -2.40. The highest BCUT2D eigenvalue weighted by Gasteiger charge is 2.34. The molecule has 0 unspecified atom stereocenters. The van der Waals surface area contributed by atoms with Gasteiger partial charge in [0.15, 0.2) is 0 Å². The third-order valence-corrected chi connectivity index (χ3v) is 3.69. The van der Waals surface area contributed by atoms with Gasteiger partial charge in [-0.05, 0) is 12.1 Å². The number of alkyl halides is 3. The zero-order valence-corrected chi connectivity index (χ0v) is 12.6. The molecule has 0 spiro atoms. The van der Waals surface area contributed by atoms with Crippen LogP contribution in [0.5, 0.6) is 0 Å². The molecule has 2 aromatic rings. The van der Waals surface area contributed by atoms with E-state index >= 15 is 0 Å². The van der Waals surface area contributed by atoms with Crippen molar-refractivity contribution < 1.29 is 18.1 Å². The SMILES string of the molecule is O=[N+]([O-])c1cc(C(F)(F)F)cnc1-c1cc(Cl)c(Cl)cc1Cl. The fourth-order valence-electron chi connectivity index (χ4n) is 1.66. The van der Waals surface area contributed by atoms with Gasteiger partial charge in [0.1, 0.15) is 5.69 Å². The molecule has 1 heterocycles. The molecular formula is C12H4Cl3F3N2O2. The van der Waals surface area contributed by atoms with Crippen molar-refractivity contribution in [3.8, 4) is 11.3 Å². The van der Waals surface area contributed by atoms with Crippen molar-refractivity contribution in [1.29, 1.82) is 0 Å². The van der Waals surface area contributed by atoms with Crippen molar-refractivity contribution in [2.24, 2.45) is 0 Å². The third kappa shape index (κ3) is 3.26. The first-order valence-corrected chi connectivity index (χ1v) is 6.61. The van der Waals surface area contributed by atoms with Crippen molar-refractivity contribution >= 4 is 40.5 Å². The lowest BCUT2D eigenvalue weighted by Crippen LogP contribution is -2.07. The summed E-state index contributed by atoms with van der Waals surface area (Å²) < 4.78 is 37.9. The van der Waals surface area contributed by atoms with Crippen LogP contribution in [-0.2, 0) is 6.18 Å². The highest BCUT2D eigenvalue weighted by Crippen LogP contribution is 2.40. The second kappa shape index (κ2) is 5.91. The first-order valence-electron chi connectivity index (χ1n) is 5.48. The highest BCUT2D eigenvalue weighted by atomic mass is 35.5. The molecule has 1 aromatic heterocycles. The normalized spacial score (nSPS) is 11.5. The zero-order chi connectivity index (χ0) is 16.7. The summed E-state index contributed by atoms with van der Waals surface area (Å²) in [5, 5.41) is 11.2. The summed E-state index contributed by atoms with van der Waals surface area (Å²) in [6, 6.07) is 2.82. The van der Waals surface area contributed by atoms with Crippen molar-refractivity contribution in [3.63, 3.8) is 0 Å². The first kappa shape index (κ1) is 16.8. The van der Waals surface area contributed by atoms with Crippen molar-refractivity contribution in [2.45, 2.75) is 6.18 Å². The Morgan fingerprint density at radius 3 is 2.18 bits per heavy atom. The Morgan fingerprint density at radius 1 is 1.05 bits per heavy atom. The average Bonchev–Trinajstić information content (AvgIpc) is 2.41. The van der Waals surface area contributed by atoms with Gasteiger partial charge in [0.2, 0.25) is 0 Å². The van der Waals surface area contributed by atoms with E-state index in [1.54, 1.807) is 0 Å². The summed E-state index contributed by atoms with van der Waals surface area (Å²) in [6.45, 7) is 0. The van der Waals surface area contributed by atoms with Crippen LogP contribution >= 0.6 is 34.8 Å². The number of rotatable bonds is 2. The Labute approximate surface area is 136 Å². The average molecular weight is 372 g/mol. The minimum atomic E-state index is -4.75. The van der Waals surface area contributed by atoms with E-state index in [0.29, 0.717) is 12.3 Å². The summed E-state index contributed by atoms with van der Waals surface area (Å²) in [4.78, 5) is 13.6. The van der Waals surface area contributed by atoms with Crippen LogP contribution in [0.1, 0.15) is 5.56 Å². The van der Waals surface area contributed by atoms with E-state index in [1.165, 1.54) is 12.1 Å². The van der Waals surface area contributed by atoms with Crippen LogP contribution in [-0.4, -0.2) is 9.91 Å². The number of halogens is 6. The monoisotopic (exact) mass is 370 g/mol. The van der Waals surface area contributed by atoms with Gasteiger partial charge >= 0.3 is 6.18 Å². The quantitative estimate of drug-likeness (QED) is 0.390. The topological polar surface area (TPSA) is 56.0 Å². The lowest BCUT2D eigenvalue weighted by molar-refractivity contribution is -0.384. The Balaban J connectivity index is 2.71. The molecule has 0 bridgehead atoms. The molecule has 0 aliphatic carbocycles.